The lowest BCUT2D eigenvalue weighted by Crippen LogP contribution is -2.17. The minimum atomic E-state index is -0.760. The van der Waals surface area contributed by atoms with Crippen molar-refractivity contribution in [2.24, 2.45) is 0 Å². The number of rotatable bonds is 7. The van der Waals surface area contributed by atoms with Crippen LogP contribution >= 0.6 is 0 Å². The fourth-order valence-electron chi connectivity index (χ4n) is 3.87. The van der Waals surface area contributed by atoms with E-state index < -0.39 is 5.97 Å². The monoisotopic (exact) mass is 438 g/mol. The molecule has 0 spiro atoms. The smallest absolute Gasteiger partial charge is 0.377 e. The van der Waals surface area contributed by atoms with Crippen molar-refractivity contribution >= 4 is 11.5 Å². The highest BCUT2D eigenvalue weighted by Crippen LogP contribution is 2.34. The fourth-order valence-corrected chi connectivity index (χ4v) is 3.87. The second-order valence-electron chi connectivity index (χ2n) is 8.55. The molecule has 0 unspecified atom stereocenters. The maximum Gasteiger partial charge on any atom is 0.377 e. The predicted octanol–water partition coefficient (Wildman–Crippen LogP) is 6.91. The summed E-state index contributed by atoms with van der Waals surface area (Å²) in [6.45, 7) is 8.02. The van der Waals surface area contributed by atoms with Gasteiger partial charge in [-0.1, -0.05) is 68.2 Å². The van der Waals surface area contributed by atoms with Gasteiger partial charge in [-0.15, -0.1) is 0 Å². The Hall–Kier alpha value is -2.92. The Labute approximate surface area is 189 Å². The zero-order chi connectivity index (χ0) is 23.1. The summed E-state index contributed by atoms with van der Waals surface area (Å²) in [5.74, 6) is -1.28. The number of carbonyl (C=O) groups is 1. The van der Waals surface area contributed by atoms with Gasteiger partial charge >= 0.3 is 5.97 Å². The quantitative estimate of drug-likeness (QED) is 0.221. The number of halogens is 1. The van der Waals surface area contributed by atoms with E-state index in [9.17, 15) is 14.3 Å². The van der Waals surface area contributed by atoms with Crippen molar-refractivity contribution in [2.75, 3.05) is 0 Å². The zero-order valence-corrected chi connectivity index (χ0v) is 18.8. The number of benzene rings is 2. The maximum atomic E-state index is 13.4. The lowest BCUT2D eigenvalue weighted by atomic mass is 9.92. The van der Waals surface area contributed by atoms with E-state index in [4.69, 9.17) is 9.78 Å². The summed E-state index contributed by atoms with van der Waals surface area (Å²) in [5, 5.41) is 11.0. The summed E-state index contributed by atoms with van der Waals surface area (Å²) in [4.78, 5) is 23.8. The Morgan fingerprint density at radius 3 is 2.38 bits per heavy atom. The van der Waals surface area contributed by atoms with E-state index in [1.165, 1.54) is 12.1 Å². The highest BCUT2D eigenvalue weighted by atomic mass is 19.1. The summed E-state index contributed by atoms with van der Waals surface area (Å²) in [6, 6.07) is 9.34. The van der Waals surface area contributed by atoms with Crippen molar-refractivity contribution < 1.29 is 24.1 Å². The molecule has 1 fully saturated rings. The van der Waals surface area contributed by atoms with Crippen LogP contribution in [0.5, 0.6) is 5.75 Å². The standard InChI is InChI=1S/C27H31FO4/c1-18(2)10-11-21-14-17-24(19(3)20-12-15-22(28)16-13-20)25(26(21)29)27(30)32-31-23-8-6-4-5-7-9-23/h10,12-17,23,29H,3-9,11H2,1-2H3. The van der Waals surface area contributed by atoms with Crippen LogP contribution in [0.4, 0.5) is 4.39 Å². The maximum absolute atomic E-state index is 13.4. The largest absolute Gasteiger partial charge is 0.507 e. The van der Waals surface area contributed by atoms with E-state index in [0.717, 1.165) is 44.1 Å². The molecule has 2 aromatic carbocycles. The molecule has 1 N–H and O–H groups in total. The SMILES string of the molecule is C=C(c1ccc(F)cc1)c1ccc(CC=C(C)C)c(O)c1C(=O)OOC1CCCCCC1. The molecule has 2 aromatic rings. The van der Waals surface area contributed by atoms with E-state index in [-0.39, 0.29) is 23.2 Å². The van der Waals surface area contributed by atoms with Gasteiger partial charge in [0.1, 0.15) is 23.2 Å². The van der Waals surface area contributed by atoms with Crippen molar-refractivity contribution in [1.29, 1.82) is 0 Å². The molecule has 0 bridgehead atoms. The topological polar surface area (TPSA) is 55.8 Å². The van der Waals surface area contributed by atoms with Crippen molar-refractivity contribution in [3.63, 3.8) is 0 Å². The van der Waals surface area contributed by atoms with Gasteiger partial charge in [0.2, 0.25) is 0 Å². The Bertz CT molecular complexity index is 979. The van der Waals surface area contributed by atoms with E-state index in [2.05, 4.69) is 6.58 Å². The first kappa shape index (κ1) is 23.7. The van der Waals surface area contributed by atoms with E-state index in [0.29, 0.717) is 28.7 Å². The molecule has 0 heterocycles. The molecule has 1 aliphatic rings. The Morgan fingerprint density at radius 2 is 1.75 bits per heavy atom. The van der Waals surface area contributed by atoms with Gasteiger partial charge in [-0.3, -0.25) is 4.89 Å². The van der Waals surface area contributed by atoms with Crippen LogP contribution in [0.15, 0.2) is 54.6 Å². The number of phenolic OH excluding ortho intramolecular Hbond substituents is 1. The fraction of sp³-hybridized carbons (Fsp3) is 0.370. The highest BCUT2D eigenvalue weighted by Gasteiger charge is 2.25. The van der Waals surface area contributed by atoms with Gasteiger partial charge in [-0.05, 0) is 61.9 Å². The van der Waals surface area contributed by atoms with Gasteiger partial charge in [0.25, 0.3) is 0 Å². The molecule has 1 saturated carbocycles. The number of hydrogen-bond donors (Lipinski definition) is 1. The van der Waals surface area contributed by atoms with Gasteiger partial charge in [0.05, 0.1) is 0 Å². The third-order valence-electron chi connectivity index (χ3n) is 5.78. The molecule has 1 aliphatic carbocycles. The molecular formula is C27H31FO4. The van der Waals surface area contributed by atoms with Gasteiger partial charge in [0.15, 0.2) is 0 Å². The van der Waals surface area contributed by atoms with Crippen molar-refractivity contribution in [2.45, 2.75) is 64.9 Å². The van der Waals surface area contributed by atoms with Crippen molar-refractivity contribution in [3.05, 3.63) is 82.7 Å². The number of carbonyl (C=O) groups excluding carboxylic acids is 1. The molecule has 4 nitrogen and oxygen atoms in total. The summed E-state index contributed by atoms with van der Waals surface area (Å²) >= 11 is 0. The van der Waals surface area contributed by atoms with Gasteiger partial charge in [-0.25, -0.2) is 9.18 Å². The normalized spacial score (nSPS) is 14.5. The van der Waals surface area contributed by atoms with Crippen LogP contribution in [0.25, 0.3) is 5.57 Å². The lowest BCUT2D eigenvalue weighted by Gasteiger charge is -2.17. The second kappa shape index (κ2) is 11.1. The lowest BCUT2D eigenvalue weighted by molar-refractivity contribution is -0.276. The first-order valence-corrected chi connectivity index (χ1v) is 11.2. The first-order chi connectivity index (χ1) is 15.4. The minimum Gasteiger partial charge on any atom is -0.507 e. The zero-order valence-electron chi connectivity index (χ0n) is 18.8. The Kier molecular flexibility index (Phi) is 8.23. The summed E-state index contributed by atoms with van der Waals surface area (Å²) in [5.41, 5.74) is 3.25. The number of hydrogen-bond acceptors (Lipinski definition) is 4. The molecule has 5 heteroatoms. The molecule has 0 atom stereocenters. The molecule has 0 radical (unpaired) electrons. The van der Waals surface area contributed by atoms with Crippen LogP contribution < -0.4 is 0 Å². The van der Waals surface area contributed by atoms with E-state index in [1.54, 1.807) is 24.3 Å². The molecule has 32 heavy (non-hydrogen) atoms. The van der Waals surface area contributed by atoms with Crippen LogP contribution in [0, 0.1) is 5.82 Å². The van der Waals surface area contributed by atoms with E-state index in [1.807, 2.05) is 19.9 Å². The van der Waals surface area contributed by atoms with Crippen LogP contribution in [-0.4, -0.2) is 17.2 Å². The summed E-state index contributed by atoms with van der Waals surface area (Å²) < 4.78 is 13.4. The predicted molar refractivity (Wildman–Crippen MR) is 124 cm³/mol. The third-order valence-corrected chi connectivity index (χ3v) is 5.78. The first-order valence-electron chi connectivity index (χ1n) is 11.2. The number of phenols is 1. The van der Waals surface area contributed by atoms with Crippen LogP contribution in [0.2, 0.25) is 0 Å². The van der Waals surface area contributed by atoms with Crippen LogP contribution in [0.1, 0.15) is 79.4 Å². The van der Waals surface area contributed by atoms with Gasteiger partial charge < -0.3 is 5.11 Å². The number of allylic oxidation sites excluding steroid dienone is 2. The minimum absolute atomic E-state index is 0.00704. The summed E-state index contributed by atoms with van der Waals surface area (Å²) in [7, 11) is 0. The molecule has 0 saturated heterocycles. The van der Waals surface area contributed by atoms with Crippen molar-refractivity contribution in [1.82, 2.24) is 0 Å². The van der Waals surface area contributed by atoms with Gasteiger partial charge in [0, 0.05) is 5.56 Å². The second-order valence-corrected chi connectivity index (χ2v) is 8.55. The summed E-state index contributed by atoms with van der Waals surface area (Å²) in [6.07, 6.45) is 8.38. The molecule has 0 amide bonds. The van der Waals surface area contributed by atoms with Gasteiger partial charge in [-0.2, -0.15) is 4.89 Å². The molecule has 3 rings (SSSR count). The highest BCUT2D eigenvalue weighted by molar-refractivity contribution is 6.00. The van der Waals surface area contributed by atoms with Crippen LogP contribution in [0.3, 0.4) is 0 Å². The Balaban J connectivity index is 1.92. The average Bonchev–Trinajstić information content (AvgIpc) is 3.05. The number of aromatic hydroxyl groups is 1. The molecule has 0 aliphatic heterocycles. The van der Waals surface area contributed by atoms with Crippen molar-refractivity contribution in [3.8, 4) is 5.75 Å². The molecule has 170 valence electrons. The molecule has 0 aromatic heterocycles. The third kappa shape index (κ3) is 6.07. The van der Waals surface area contributed by atoms with Crippen LogP contribution in [-0.2, 0) is 16.2 Å². The molecular weight excluding hydrogens is 407 g/mol. The van der Waals surface area contributed by atoms with E-state index >= 15 is 0 Å². The Morgan fingerprint density at radius 1 is 1.09 bits per heavy atom. The average molecular weight is 439 g/mol.